The first kappa shape index (κ1) is 9.52. The van der Waals surface area contributed by atoms with Crippen LogP contribution in [0.3, 0.4) is 0 Å². The molecule has 0 radical (unpaired) electrons. The standard InChI is InChI=1S/C9H17NO2/c10-9(7-8(11)12)5-3-1-2-4-6-9/h1-7,10H2,(H,11,12). The van der Waals surface area contributed by atoms with Crippen LogP contribution in [0, 0.1) is 0 Å². The highest BCUT2D eigenvalue weighted by molar-refractivity contribution is 5.68. The maximum Gasteiger partial charge on any atom is 0.305 e. The summed E-state index contributed by atoms with van der Waals surface area (Å²) in [4.78, 5) is 10.5. The quantitative estimate of drug-likeness (QED) is 0.619. The largest absolute Gasteiger partial charge is 0.481 e. The van der Waals surface area contributed by atoms with E-state index in [0.717, 1.165) is 25.7 Å². The van der Waals surface area contributed by atoms with Gasteiger partial charge in [0.2, 0.25) is 0 Å². The maximum atomic E-state index is 10.5. The second-order valence-corrected chi connectivity index (χ2v) is 3.85. The molecule has 3 N–H and O–H groups in total. The fraction of sp³-hybridized carbons (Fsp3) is 0.889. The highest BCUT2D eigenvalue weighted by Crippen LogP contribution is 2.27. The van der Waals surface area contributed by atoms with Crippen molar-refractivity contribution in [3.63, 3.8) is 0 Å². The minimum Gasteiger partial charge on any atom is -0.481 e. The van der Waals surface area contributed by atoms with E-state index in [4.69, 9.17) is 10.8 Å². The zero-order valence-corrected chi connectivity index (χ0v) is 7.38. The van der Waals surface area contributed by atoms with Gasteiger partial charge in [-0.3, -0.25) is 4.79 Å². The first-order valence-corrected chi connectivity index (χ1v) is 4.63. The molecule has 3 heteroatoms. The minimum atomic E-state index is -0.764. The van der Waals surface area contributed by atoms with Crippen LogP contribution >= 0.6 is 0 Å². The van der Waals surface area contributed by atoms with Crippen molar-refractivity contribution in [3.05, 3.63) is 0 Å². The van der Waals surface area contributed by atoms with Gasteiger partial charge in [0.05, 0.1) is 6.42 Å². The lowest BCUT2D eigenvalue weighted by molar-refractivity contribution is -0.138. The second-order valence-electron chi connectivity index (χ2n) is 3.85. The Labute approximate surface area is 72.9 Å². The molecule has 1 fully saturated rings. The van der Waals surface area contributed by atoms with Gasteiger partial charge in [0.15, 0.2) is 0 Å². The summed E-state index contributed by atoms with van der Waals surface area (Å²) in [6.45, 7) is 0. The molecular formula is C9H17NO2. The van der Waals surface area contributed by atoms with Gasteiger partial charge in [-0.25, -0.2) is 0 Å². The van der Waals surface area contributed by atoms with Crippen LogP contribution in [0.2, 0.25) is 0 Å². The van der Waals surface area contributed by atoms with Gasteiger partial charge in [0.25, 0.3) is 0 Å². The Morgan fingerprint density at radius 3 is 2.17 bits per heavy atom. The number of rotatable bonds is 2. The molecule has 0 aromatic carbocycles. The topological polar surface area (TPSA) is 63.3 Å². The minimum absolute atomic E-state index is 0.132. The second kappa shape index (κ2) is 3.90. The molecule has 0 bridgehead atoms. The molecule has 3 nitrogen and oxygen atoms in total. The molecule has 0 atom stereocenters. The summed E-state index contributed by atoms with van der Waals surface area (Å²) in [6.07, 6.45) is 6.47. The summed E-state index contributed by atoms with van der Waals surface area (Å²) in [5, 5.41) is 8.64. The first-order chi connectivity index (χ1) is 5.62. The lowest BCUT2D eigenvalue weighted by Gasteiger charge is -2.25. The number of hydrogen-bond donors (Lipinski definition) is 2. The Kier molecular flexibility index (Phi) is 3.09. The van der Waals surface area contributed by atoms with Crippen molar-refractivity contribution >= 4 is 5.97 Å². The van der Waals surface area contributed by atoms with E-state index in [0.29, 0.717) is 0 Å². The molecule has 1 aliphatic rings. The van der Waals surface area contributed by atoms with Crippen LogP contribution in [-0.4, -0.2) is 16.6 Å². The first-order valence-electron chi connectivity index (χ1n) is 4.63. The van der Waals surface area contributed by atoms with Gasteiger partial charge < -0.3 is 10.8 Å². The molecule has 12 heavy (non-hydrogen) atoms. The van der Waals surface area contributed by atoms with Gasteiger partial charge in [0, 0.05) is 5.54 Å². The number of aliphatic carboxylic acids is 1. The monoisotopic (exact) mass is 171 g/mol. The highest BCUT2D eigenvalue weighted by atomic mass is 16.4. The van der Waals surface area contributed by atoms with E-state index < -0.39 is 11.5 Å². The van der Waals surface area contributed by atoms with Gasteiger partial charge in [-0.05, 0) is 12.8 Å². The average Bonchev–Trinajstić information content (AvgIpc) is 2.12. The summed E-state index contributed by atoms with van der Waals surface area (Å²) in [6, 6.07) is 0. The van der Waals surface area contributed by atoms with Crippen LogP contribution in [0.4, 0.5) is 0 Å². The molecule has 0 saturated heterocycles. The zero-order chi connectivity index (χ0) is 9.03. The van der Waals surface area contributed by atoms with E-state index in [1.807, 2.05) is 0 Å². The van der Waals surface area contributed by atoms with Gasteiger partial charge in [-0.1, -0.05) is 25.7 Å². The number of carboxylic acid groups (broad SMARTS) is 1. The van der Waals surface area contributed by atoms with Gasteiger partial charge in [-0.15, -0.1) is 0 Å². The number of carboxylic acids is 1. The molecule has 0 unspecified atom stereocenters. The summed E-state index contributed by atoms with van der Waals surface area (Å²) in [7, 11) is 0. The molecule has 0 aromatic heterocycles. The van der Waals surface area contributed by atoms with Crippen LogP contribution < -0.4 is 5.73 Å². The Morgan fingerprint density at radius 2 is 1.75 bits per heavy atom. The molecule has 0 aliphatic heterocycles. The molecule has 1 aliphatic carbocycles. The van der Waals surface area contributed by atoms with Crippen molar-refractivity contribution in [1.82, 2.24) is 0 Å². The Hall–Kier alpha value is -0.570. The zero-order valence-electron chi connectivity index (χ0n) is 7.38. The van der Waals surface area contributed by atoms with Crippen molar-refractivity contribution in [2.45, 2.75) is 50.5 Å². The predicted molar refractivity (Wildman–Crippen MR) is 46.9 cm³/mol. The predicted octanol–water partition coefficient (Wildman–Crippen LogP) is 1.51. The fourth-order valence-electron chi connectivity index (χ4n) is 1.91. The summed E-state index contributed by atoms with van der Waals surface area (Å²) < 4.78 is 0. The van der Waals surface area contributed by atoms with Crippen LogP contribution in [0.15, 0.2) is 0 Å². The van der Waals surface area contributed by atoms with E-state index in [1.165, 1.54) is 12.8 Å². The van der Waals surface area contributed by atoms with E-state index in [1.54, 1.807) is 0 Å². The van der Waals surface area contributed by atoms with Crippen LogP contribution in [-0.2, 0) is 4.79 Å². The third-order valence-electron chi connectivity index (χ3n) is 2.60. The number of nitrogens with two attached hydrogens (primary N) is 1. The Morgan fingerprint density at radius 1 is 1.25 bits per heavy atom. The number of carbonyl (C=O) groups is 1. The van der Waals surface area contributed by atoms with Gasteiger partial charge >= 0.3 is 5.97 Å². The maximum absolute atomic E-state index is 10.5. The number of hydrogen-bond acceptors (Lipinski definition) is 2. The van der Waals surface area contributed by atoms with Crippen molar-refractivity contribution in [3.8, 4) is 0 Å². The third kappa shape index (κ3) is 2.81. The normalized spacial score (nSPS) is 23.1. The molecule has 0 heterocycles. The van der Waals surface area contributed by atoms with Gasteiger partial charge in [0.1, 0.15) is 0 Å². The molecule has 0 spiro atoms. The SMILES string of the molecule is NC1(CC(=O)O)CCCCCC1. The summed E-state index contributed by atoms with van der Waals surface area (Å²) >= 11 is 0. The third-order valence-corrected chi connectivity index (χ3v) is 2.60. The van der Waals surface area contributed by atoms with E-state index >= 15 is 0 Å². The van der Waals surface area contributed by atoms with E-state index in [-0.39, 0.29) is 6.42 Å². The van der Waals surface area contributed by atoms with E-state index in [9.17, 15) is 4.79 Å². The Bertz CT molecular complexity index is 160. The lowest BCUT2D eigenvalue weighted by atomic mass is 9.88. The molecule has 1 saturated carbocycles. The smallest absolute Gasteiger partial charge is 0.305 e. The van der Waals surface area contributed by atoms with Crippen molar-refractivity contribution in [2.24, 2.45) is 5.73 Å². The van der Waals surface area contributed by atoms with E-state index in [2.05, 4.69) is 0 Å². The molecule has 70 valence electrons. The highest BCUT2D eigenvalue weighted by Gasteiger charge is 2.28. The molecule has 1 rings (SSSR count). The Balaban J connectivity index is 2.48. The van der Waals surface area contributed by atoms with Crippen LogP contribution in [0.5, 0.6) is 0 Å². The summed E-state index contributed by atoms with van der Waals surface area (Å²) in [5.41, 5.74) is 5.56. The molecular weight excluding hydrogens is 154 g/mol. The van der Waals surface area contributed by atoms with Gasteiger partial charge in [-0.2, -0.15) is 0 Å². The lowest BCUT2D eigenvalue weighted by Crippen LogP contribution is -2.41. The van der Waals surface area contributed by atoms with Crippen molar-refractivity contribution in [1.29, 1.82) is 0 Å². The van der Waals surface area contributed by atoms with Crippen molar-refractivity contribution in [2.75, 3.05) is 0 Å². The molecule has 0 aromatic rings. The van der Waals surface area contributed by atoms with Crippen LogP contribution in [0.25, 0.3) is 0 Å². The van der Waals surface area contributed by atoms with Crippen LogP contribution in [0.1, 0.15) is 44.9 Å². The fourth-order valence-corrected chi connectivity index (χ4v) is 1.91. The average molecular weight is 171 g/mol. The summed E-state index contributed by atoms with van der Waals surface area (Å²) in [5.74, 6) is -0.764. The molecule has 0 amide bonds. The van der Waals surface area contributed by atoms with Crippen molar-refractivity contribution < 1.29 is 9.90 Å².